The minimum atomic E-state index is -0.614. The highest BCUT2D eigenvalue weighted by atomic mass is 19.1. The molecule has 6 rings (SSSR count). The van der Waals surface area contributed by atoms with E-state index in [0.29, 0.717) is 28.4 Å². The molecule has 34 heavy (non-hydrogen) atoms. The second-order valence-electron chi connectivity index (χ2n) is 8.08. The molecule has 0 aliphatic heterocycles. The molecule has 168 valence electrons. The van der Waals surface area contributed by atoms with Gasteiger partial charge >= 0.3 is 0 Å². The van der Waals surface area contributed by atoms with Crippen LogP contribution >= 0.6 is 0 Å². The first-order chi connectivity index (χ1) is 16.4. The van der Waals surface area contributed by atoms with Gasteiger partial charge in [0.15, 0.2) is 11.3 Å². The summed E-state index contributed by atoms with van der Waals surface area (Å²) in [6.07, 6.45) is 7.15. The lowest BCUT2D eigenvalue weighted by Crippen LogP contribution is -2.04. The topological polar surface area (TPSA) is 79.2 Å². The first-order valence-electron chi connectivity index (χ1n) is 10.6. The van der Waals surface area contributed by atoms with Crippen LogP contribution in [0.3, 0.4) is 0 Å². The highest BCUT2D eigenvalue weighted by molar-refractivity contribution is 5.79. The van der Waals surface area contributed by atoms with Gasteiger partial charge in [0.2, 0.25) is 0 Å². The Labute approximate surface area is 192 Å². The van der Waals surface area contributed by atoms with E-state index in [9.17, 15) is 8.78 Å². The molecule has 5 heterocycles. The molecule has 5 aromatic heterocycles. The Morgan fingerprint density at radius 2 is 1.71 bits per heavy atom. The molecule has 6 aromatic rings. The van der Waals surface area contributed by atoms with Crippen molar-refractivity contribution >= 4 is 22.3 Å². The first-order valence-corrected chi connectivity index (χ1v) is 10.6. The standard InChI is InChI=1S/C24H18F2N8/c1-14-29-23-22(34(14)13-15-7-16(25)9-17(26)8-15)10-18(11-28-23)33-6-4-20-24(33)30-21(12-27-20)19-3-5-32(2)31-19/h3-12H,13H2,1-2H3. The average molecular weight is 456 g/mol. The van der Waals surface area contributed by atoms with E-state index in [1.807, 2.05) is 53.7 Å². The first kappa shape index (κ1) is 20.2. The number of benzene rings is 1. The van der Waals surface area contributed by atoms with Gasteiger partial charge in [-0.1, -0.05) is 0 Å². The van der Waals surface area contributed by atoms with E-state index >= 15 is 0 Å². The van der Waals surface area contributed by atoms with E-state index < -0.39 is 11.6 Å². The Balaban J connectivity index is 1.46. The lowest BCUT2D eigenvalue weighted by atomic mass is 10.2. The van der Waals surface area contributed by atoms with Gasteiger partial charge in [-0.25, -0.2) is 23.7 Å². The molecule has 0 bridgehead atoms. The third kappa shape index (κ3) is 3.40. The summed E-state index contributed by atoms with van der Waals surface area (Å²) in [5, 5.41) is 4.41. The Morgan fingerprint density at radius 3 is 2.47 bits per heavy atom. The van der Waals surface area contributed by atoms with Gasteiger partial charge < -0.3 is 4.57 Å². The summed E-state index contributed by atoms with van der Waals surface area (Å²) in [6.45, 7) is 2.10. The summed E-state index contributed by atoms with van der Waals surface area (Å²) in [5.74, 6) is -0.534. The summed E-state index contributed by atoms with van der Waals surface area (Å²) in [6, 6.07) is 9.20. The summed E-state index contributed by atoms with van der Waals surface area (Å²) < 4.78 is 33.0. The molecule has 0 amide bonds. The maximum atomic E-state index is 13.7. The minimum Gasteiger partial charge on any atom is -0.322 e. The van der Waals surface area contributed by atoms with Crippen LogP contribution in [-0.4, -0.2) is 38.9 Å². The van der Waals surface area contributed by atoms with Crippen LogP contribution < -0.4 is 0 Å². The smallest absolute Gasteiger partial charge is 0.178 e. The molecule has 0 spiro atoms. The predicted molar refractivity (Wildman–Crippen MR) is 122 cm³/mol. The lowest BCUT2D eigenvalue weighted by molar-refractivity contribution is 0.577. The number of pyridine rings is 1. The number of nitrogens with zero attached hydrogens (tertiary/aromatic N) is 8. The van der Waals surface area contributed by atoms with Gasteiger partial charge in [0.1, 0.15) is 34.4 Å². The van der Waals surface area contributed by atoms with Crippen molar-refractivity contribution in [2.75, 3.05) is 0 Å². The number of fused-ring (bicyclic) bond motifs is 2. The molecule has 0 aliphatic rings. The molecule has 0 saturated heterocycles. The van der Waals surface area contributed by atoms with Gasteiger partial charge in [0.25, 0.3) is 0 Å². The average Bonchev–Trinajstić information content (AvgIpc) is 3.50. The molecule has 0 aliphatic carbocycles. The fraction of sp³-hybridized carbons (Fsp3) is 0.125. The zero-order valence-corrected chi connectivity index (χ0v) is 18.3. The van der Waals surface area contributed by atoms with Crippen LogP contribution in [-0.2, 0) is 13.6 Å². The summed E-state index contributed by atoms with van der Waals surface area (Å²) >= 11 is 0. The maximum Gasteiger partial charge on any atom is 0.178 e. The van der Waals surface area contributed by atoms with Crippen LogP contribution in [0.5, 0.6) is 0 Å². The van der Waals surface area contributed by atoms with Gasteiger partial charge in [-0.15, -0.1) is 0 Å². The zero-order chi connectivity index (χ0) is 23.4. The van der Waals surface area contributed by atoms with Crippen LogP contribution in [0.4, 0.5) is 8.78 Å². The summed E-state index contributed by atoms with van der Waals surface area (Å²) in [5.41, 5.74) is 5.36. The monoisotopic (exact) mass is 456 g/mol. The van der Waals surface area contributed by atoms with E-state index in [2.05, 4.69) is 20.1 Å². The number of hydrogen-bond acceptors (Lipinski definition) is 5. The van der Waals surface area contributed by atoms with E-state index in [-0.39, 0.29) is 6.54 Å². The van der Waals surface area contributed by atoms with Gasteiger partial charge in [-0.3, -0.25) is 14.2 Å². The number of aryl methyl sites for hydroxylation is 2. The summed E-state index contributed by atoms with van der Waals surface area (Å²) in [4.78, 5) is 18.3. The predicted octanol–water partition coefficient (Wildman–Crippen LogP) is 4.20. The summed E-state index contributed by atoms with van der Waals surface area (Å²) in [7, 11) is 1.85. The molecular weight excluding hydrogens is 438 g/mol. The van der Waals surface area contributed by atoms with Gasteiger partial charge in [-0.05, 0) is 42.8 Å². The van der Waals surface area contributed by atoms with Crippen molar-refractivity contribution < 1.29 is 8.78 Å². The Hall–Kier alpha value is -4.47. The molecule has 8 nitrogen and oxygen atoms in total. The number of rotatable bonds is 4. The number of imidazole rings is 1. The fourth-order valence-electron chi connectivity index (χ4n) is 4.11. The van der Waals surface area contributed by atoms with Crippen molar-refractivity contribution in [1.29, 1.82) is 0 Å². The fourth-order valence-corrected chi connectivity index (χ4v) is 4.11. The maximum absolute atomic E-state index is 13.7. The van der Waals surface area contributed by atoms with E-state index in [0.717, 1.165) is 28.5 Å². The molecule has 1 aromatic carbocycles. The van der Waals surface area contributed by atoms with Crippen molar-refractivity contribution in [3.63, 3.8) is 0 Å². The quantitative estimate of drug-likeness (QED) is 0.397. The van der Waals surface area contributed by atoms with Crippen LogP contribution in [0.25, 0.3) is 39.4 Å². The number of hydrogen-bond donors (Lipinski definition) is 0. The lowest BCUT2D eigenvalue weighted by Gasteiger charge is -2.09. The Morgan fingerprint density at radius 1 is 0.882 bits per heavy atom. The highest BCUT2D eigenvalue weighted by Crippen LogP contribution is 2.24. The van der Waals surface area contributed by atoms with Crippen LogP contribution in [0, 0.1) is 18.6 Å². The van der Waals surface area contributed by atoms with E-state index in [1.165, 1.54) is 12.1 Å². The SMILES string of the molecule is Cc1nc2ncc(-n3ccc4ncc(-c5ccn(C)n5)nc43)cc2n1Cc1cc(F)cc(F)c1. The third-order valence-electron chi connectivity index (χ3n) is 5.69. The van der Waals surface area contributed by atoms with Crippen LogP contribution in [0.2, 0.25) is 0 Å². The van der Waals surface area contributed by atoms with Crippen LogP contribution in [0.1, 0.15) is 11.4 Å². The van der Waals surface area contributed by atoms with Gasteiger partial charge in [0, 0.05) is 32.1 Å². The molecule has 10 heteroatoms. The second-order valence-corrected chi connectivity index (χ2v) is 8.08. The van der Waals surface area contributed by atoms with Crippen molar-refractivity contribution in [2.24, 2.45) is 7.05 Å². The third-order valence-corrected chi connectivity index (χ3v) is 5.69. The molecule has 0 atom stereocenters. The molecule has 0 saturated carbocycles. The van der Waals surface area contributed by atoms with Crippen molar-refractivity contribution in [3.05, 3.63) is 84.2 Å². The zero-order valence-electron chi connectivity index (χ0n) is 18.3. The molecule has 0 fully saturated rings. The van der Waals surface area contributed by atoms with Gasteiger partial charge in [-0.2, -0.15) is 5.10 Å². The largest absolute Gasteiger partial charge is 0.322 e. The molecule has 0 unspecified atom stereocenters. The van der Waals surface area contributed by atoms with Gasteiger partial charge in [0.05, 0.1) is 23.6 Å². The normalized spacial score (nSPS) is 11.6. The van der Waals surface area contributed by atoms with Crippen molar-refractivity contribution in [2.45, 2.75) is 13.5 Å². The highest BCUT2D eigenvalue weighted by Gasteiger charge is 2.14. The number of halogens is 2. The van der Waals surface area contributed by atoms with Crippen molar-refractivity contribution in [1.82, 2.24) is 38.9 Å². The molecular formula is C24H18F2N8. The number of aromatic nitrogens is 8. The van der Waals surface area contributed by atoms with E-state index in [4.69, 9.17) is 4.98 Å². The Kier molecular flexibility index (Phi) is 4.47. The Bertz CT molecular complexity index is 1670. The second kappa shape index (κ2) is 7.55. The van der Waals surface area contributed by atoms with Crippen molar-refractivity contribution in [3.8, 4) is 17.1 Å². The van der Waals surface area contributed by atoms with E-state index in [1.54, 1.807) is 17.1 Å². The molecule has 0 radical (unpaired) electrons. The molecule has 0 N–H and O–H groups in total. The minimum absolute atomic E-state index is 0.262. The van der Waals surface area contributed by atoms with Crippen LogP contribution in [0.15, 0.2) is 61.2 Å².